The number of carbonyl (C=O) groups excluding carboxylic acids is 1. The number of hydrogen-bond acceptors (Lipinski definition) is 3. The zero-order valence-corrected chi connectivity index (χ0v) is 11.8. The lowest BCUT2D eigenvalue weighted by atomic mass is 9.81. The molecule has 0 saturated heterocycles. The largest absolute Gasteiger partial charge is 0.481 e. The van der Waals surface area contributed by atoms with E-state index in [4.69, 9.17) is 5.73 Å². The summed E-state index contributed by atoms with van der Waals surface area (Å²) in [5.74, 6) is -0.549. The molecule has 4 N–H and O–H groups in total. The lowest BCUT2D eigenvalue weighted by Gasteiger charge is -2.33. The highest BCUT2D eigenvalue weighted by atomic mass is 16.4. The van der Waals surface area contributed by atoms with Crippen molar-refractivity contribution in [3.05, 3.63) is 0 Å². The number of rotatable bonds is 4. The third kappa shape index (κ3) is 2.03. The third-order valence-corrected chi connectivity index (χ3v) is 5.93. The summed E-state index contributed by atoms with van der Waals surface area (Å²) in [7, 11) is 0. The van der Waals surface area contributed by atoms with Crippen molar-refractivity contribution in [1.29, 1.82) is 0 Å². The second-order valence-corrected chi connectivity index (χ2v) is 6.89. The molecule has 20 heavy (non-hydrogen) atoms. The van der Waals surface area contributed by atoms with Crippen molar-refractivity contribution in [3.63, 3.8) is 0 Å². The molecule has 0 radical (unpaired) electrons. The zero-order chi connectivity index (χ0) is 14.3. The Morgan fingerprint density at radius 2 is 1.85 bits per heavy atom. The van der Waals surface area contributed by atoms with Gasteiger partial charge in [0.05, 0.1) is 11.3 Å². The van der Waals surface area contributed by atoms with E-state index in [1.807, 2.05) is 0 Å². The minimum atomic E-state index is -0.754. The summed E-state index contributed by atoms with van der Waals surface area (Å²) in [6.45, 7) is 0.372. The number of carbonyl (C=O) groups is 2. The molecule has 2 bridgehead atoms. The topological polar surface area (TPSA) is 92.4 Å². The van der Waals surface area contributed by atoms with E-state index < -0.39 is 17.3 Å². The molecule has 1 amide bonds. The van der Waals surface area contributed by atoms with E-state index in [0.717, 1.165) is 44.9 Å². The van der Waals surface area contributed by atoms with E-state index in [0.29, 0.717) is 12.5 Å². The Morgan fingerprint density at radius 3 is 2.45 bits per heavy atom. The Bertz CT molecular complexity index is 417. The van der Waals surface area contributed by atoms with Crippen LogP contribution >= 0.6 is 0 Å². The Hall–Kier alpha value is -1.10. The van der Waals surface area contributed by atoms with Crippen LogP contribution < -0.4 is 11.1 Å². The maximum absolute atomic E-state index is 12.6. The van der Waals surface area contributed by atoms with Crippen LogP contribution in [0.5, 0.6) is 0 Å². The van der Waals surface area contributed by atoms with Gasteiger partial charge < -0.3 is 16.2 Å². The van der Waals surface area contributed by atoms with Crippen LogP contribution in [-0.4, -0.2) is 29.6 Å². The van der Waals surface area contributed by atoms with E-state index in [9.17, 15) is 14.7 Å². The predicted octanol–water partition coefficient (Wildman–Crippen LogP) is 1.12. The minimum absolute atomic E-state index is 0.00120. The first-order valence-electron chi connectivity index (χ1n) is 7.81. The van der Waals surface area contributed by atoms with Gasteiger partial charge in [-0.05, 0) is 43.9 Å². The predicted molar refractivity (Wildman–Crippen MR) is 73.8 cm³/mol. The number of hydrogen-bond donors (Lipinski definition) is 3. The van der Waals surface area contributed by atoms with Gasteiger partial charge in [-0.15, -0.1) is 0 Å². The van der Waals surface area contributed by atoms with Gasteiger partial charge in [0.1, 0.15) is 0 Å². The summed E-state index contributed by atoms with van der Waals surface area (Å²) in [5.41, 5.74) is 5.40. The van der Waals surface area contributed by atoms with Crippen LogP contribution in [0.2, 0.25) is 0 Å². The molecule has 4 unspecified atom stereocenters. The van der Waals surface area contributed by atoms with Crippen molar-refractivity contribution in [2.45, 2.75) is 51.0 Å². The molecule has 0 aromatic rings. The highest BCUT2D eigenvalue weighted by molar-refractivity contribution is 5.84. The van der Waals surface area contributed by atoms with Gasteiger partial charge in [0, 0.05) is 12.6 Å². The maximum Gasteiger partial charge on any atom is 0.308 e. The van der Waals surface area contributed by atoms with Crippen molar-refractivity contribution in [3.8, 4) is 0 Å². The molecule has 3 aliphatic rings. The number of amides is 1. The van der Waals surface area contributed by atoms with Gasteiger partial charge in [-0.1, -0.05) is 12.8 Å². The number of nitrogens with one attached hydrogen (secondary N) is 1. The molecule has 3 saturated carbocycles. The van der Waals surface area contributed by atoms with Gasteiger partial charge in [0.25, 0.3) is 0 Å². The quantitative estimate of drug-likeness (QED) is 0.719. The summed E-state index contributed by atoms with van der Waals surface area (Å²) in [4.78, 5) is 24.1. The fourth-order valence-corrected chi connectivity index (χ4v) is 4.73. The van der Waals surface area contributed by atoms with Crippen LogP contribution in [0.4, 0.5) is 0 Å². The van der Waals surface area contributed by atoms with Crippen molar-refractivity contribution in [1.82, 2.24) is 5.32 Å². The molecule has 0 heterocycles. The van der Waals surface area contributed by atoms with E-state index >= 15 is 0 Å². The minimum Gasteiger partial charge on any atom is -0.481 e. The number of carboxylic acids is 1. The molecule has 3 rings (SSSR count). The molecule has 5 heteroatoms. The van der Waals surface area contributed by atoms with Crippen LogP contribution in [0, 0.1) is 23.2 Å². The Balaban J connectivity index is 1.73. The van der Waals surface area contributed by atoms with Gasteiger partial charge in [0.15, 0.2) is 0 Å². The Labute approximate surface area is 119 Å². The zero-order valence-electron chi connectivity index (χ0n) is 11.8. The first kappa shape index (κ1) is 13.9. The van der Waals surface area contributed by atoms with Crippen molar-refractivity contribution in [2.24, 2.45) is 28.9 Å². The fourth-order valence-electron chi connectivity index (χ4n) is 4.73. The smallest absolute Gasteiger partial charge is 0.308 e. The highest BCUT2D eigenvalue weighted by Crippen LogP contribution is 2.49. The van der Waals surface area contributed by atoms with E-state index in [1.165, 1.54) is 0 Å². The van der Waals surface area contributed by atoms with Crippen LogP contribution in [-0.2, 0) is 9.59 Å². The summed E-state index contributed by atoms with van der Waals surface area (Å²) < 4.78 is 0. The van der Waals surface area contributed by atoms with Gasteiger partial charge in [-0.3, -0.25) is 9.59 Å². The van der Waals surface area contributed by atoms with E-state index in [1.54, 1.807) is 0 Å². The second kappa shape index (κ2) is 5.02. The van der Waals surface area contributed by atoms with Crippen molar-refractivity contribution >= 4 is 11.9 Å². The first-order chi connectivity index (χ1) is 9.57. The standard InChI is InChI=1S/C15H24N2O3/c16-8-15(5-1-2-6-15)14(20)17-12-10-4-3-9(7-10)11(12)13(18)19/h9-12H,1-8,16H2,(H,17,20)(H,18,19). The van der Waals surface area contributed by atoms with Crippen LogP contribution in [0.25, 0.3) is 0 Å². The van der Waals surface area contributed by atoms with Gasteiger partial charge in [-0.2, -0.15) is 0 Å². The van der Waals surface area contributed by atoms with Gasteiger partial charge in [0.2, 0.25) is 5.91 Å². The average Bonchev–Trinajstić information content (AvgIpc) is 3.14. The Kier molecular flexibility index (Phi) is 3.48. The number of aliphatic carboxylic acids is 1. The highest BCUT2D eigenvalue weighted by Gasteiger charge is 2.53. The SMILES string of the molecule is NCC1(C(=O)NC2C3CCC(C3)C2C(=O)O)CCCC1. The normalized spacial score (nSPS) is 38.0. The summed E-state index contributed by atoms with van der Waals surface area (Å²) in [6, 6.07) is -0.178. The first-order valence-corrected chi connectivity index (χ1v) is 7.81. The molecular formula is C15H24N2O3. The summed E-state index contributed by atoms with van der Waals surface area (Å²) in [5, 5.41) is 12.5. The Morgan fingerprint density at radius 1 is 1.20 bits per heavy atom. The van der Waals surface area contributed by atoms with Gasteiger partial charge >= 0.3 is 5.97 Å². The molecular weight excluding hydrogens is 256 g/mol. The van der Waals surface area contributed by atoms with Crippen molar-refractivity contribution < 1.29 is 14.7 Å². The molecule has 5 nitrogen and oxygen atoms in total. The molecule has 0 spiro atoms. The van der Waals surface area contributed by atoms with E-state index in [-0.39, 0.29) is 17.9 Å². The van der Waals surface area contributed by atoms with Crippen LogP contribution in [0.3, 0.4) is 0 Å². The van der Waals surface area contributed by atoms with Gasteiger partial charge in [-0.25, -0.2) is 0 Å². The average molecular weight is 280 g/mol. The van der Waals surface area contributed by atoms with Crippen LogP contribution in [0.1, 0.15) is 44.9 Å². The monoisotopic (exact) mass is 280 g/mol. The number of carboxylic acid groups (broad SMARTS) is 1. The molecule has 112 valence electrons. The summed E-state index contributed by atoms with van der Waals surface area (Å²) in [6.07, 6.45) is 6.78. The van der Waals surface area contributed by atoms with E-state index in [2.05, 4.69) is 5.32 Å². The second-order valence-electron chi connectivity index (χ2n) is 6.89. The number of fused-ring (bicyclic) bond motifs is 2. The maximum atomic E-state index is 12.6. The third-order valence-electron chi connectivity index (χ3n) is 5.93. The number of nitrogens with two attached hydrogens (primary N) is 1. The molecule has 0 aromatic heterocycles. The lowest BCUT2D eigenvalue weighted by molar-refractivity contribution is -0.145. The molecule has 3 aliphatic carbocycles. The molecule has 4 atom stereocenters. The molecule has 0 aromatic carbocycles. The fraction of sp³-hybridized carbons (Fsp3) is 0.867. The van der Waals surface area contributed by atoms with Crippen molar-refractivity contribution in [2.75, 3.05) is 6.54 Å². The molecule has 3 fully saturated rings. The molecule has 0 aliphatic heterocycles. The van der Waals surface area contributed by atoms with Crippen LogP contribution in [0.15, 0.2) is 0 Å². The summed E-state index contributed by atoms with van der Waals surface area (Å²) >= 11 is 0. The lowest BCUT2D eigenvalue weighted by Crippen LogP contribution is -2.53.